The van der Waals surface area contributed by atoms with Crippen molar-refractivity contribution >= 4 is 11.6 Å². The number of hydrogen-bond acceptors (Lipinski definition) is 4. The van der Waals surface area contributed by atoms with Crippen LogP contribution < -0.4 is 10.1 Å². The first-order valence-electron chi connectivity index (χ1n) is 7.86. The fourth-order valence-corrected chi connectivity index (χ4v) is 2.61. The predicted molar refractivity (Wildman–Crippen MR) is 90.0 cm³/mol. The lowest BCUT2D eigenvalue weighted by Gasteiger charge is -2.30. The molecule has 1 aliphatic heterocycles. The molecule has 1 aliphatic rings. The molecule has 0 atom stereocenters. The Morgan fingerprint density at radius 1 is 1.43 bits per heavy atom. The Bertz CT molecular complexity index is 638. The lowest BCUT2D eigenvalue weighted by atomic mass is 9.99. The third-order valence-corrected chi connectivity index (χ3v) is 4.15. The molecule has 5 nitrogen and oxygen atoms in total. The number of rotatable bonds is 4. The van der Waals surface area contributed by atoms with E-state index < -0.39 is 0 Å². The first-order chi connectivity index (χ1) is 11.0. The van der Waals surface area contributed by atoms with E-state index in [9.17, 15) is 10.1 Å². The number of likely N-dealkylation sites (tertiary alicyclic amines) is 1. The number of hydrogen-bond donors (Lipinski definition) is 1. The van der Waals surface area contributed by atoms with Gasteiger partial charge in [-0.25, -0.2) is 0 Å². The molecular formula is C18H23N3O2. The number of anilines is 1. The summed E-state index contributed by atoms with van der Waals surface area (Å²) in [6.45, 7) is 5.59. The fraction of sp³-hybridized carbons (Fsp3) is 0.444. The number of carbonyl (C=O) groups is 1. The van der Waals surface area contributed by atoms with Crippen molar-refractivity contribution in [3.8, 4) is 11.8 Å². The number of piperidine rings is 1. The van der Waals surface area contributed by atoms with Gasteiger partial charge in [-0.3, -0.25) is 4.79 Å². The average Bonchev–Trinajstić information content (AvgIpc) is 2.56. The molecule has 1 fully saturated rings. The van der Waals surface area contributed by atoms with Crippen LogP contribution >= 0.6 is 0 Å². The van der Waals surface area contributed by atoms with E-state index in [0.717, 1.165) is 24.1 Å². The third-order valence-electron chi connectivity index (χ3n) is 4.15. The van der Waals surface area contributed by atoms with Crippen molar-refractivity contribution in [2.24, 2.45) is 5.92 Å². The van der Waals surface area contributed by atoms with Gasteiger partial charge in [0.15, 0.2) is 0 Å². The molecule has 2 rings (SSSR count). The number of methoxy groups -OCH3 is 1. The van der Waals surface area contributed by atoms with E-state index in [0.29, 0.717) is 24.8 Å². The van der Waals surface area contributed by atoms with Gasteiger partial charge < -0.3 is 15.0 Å². The summed E-state index contributed by atoms with van der Waals surface area (Å²) in [5.74, 6) is 1.10. The standard InChI is InChI=1S/C18H23N3O2/c1-13-6-8-21(9-7-13)18(22)15(11-19)12-20-16-10-14(2)4-5-17(16)23-3/h4-5,10,12-13,20H,6-9H2,1-3H3/b15-12-. The molecule has 0 aromatic heterocycles. The minimum absolute atomic E-state index is 0.114. The summed E-state index contributed by atoms with van der Waals surface area (Å²) in [6.07, 6.45) is 3.45. The van der Waals surface area contributed by atoms with E-state index in [1.165, 1.54) is 6.20 Å². The quantitative estimate of drug-likeness (QED) is 0.685. The van der Waals surface area contributed by atoms with Gasteiger partial charge in [-0.15, -0.1) is 0 Å². The molecule has 1 aromatic rings. The van der Waals surface area contributed by atoms with Crippen molar-refractivity contribution in [3.63, 3.8) is 0 Å². The van der Waals surface area contributed by atoms with Crippen molar-refractivity contribution in [2.45, 2.75) is 26.7 Å². The number of amides is 1. The van der Waals surface area contributed by atoms with Gasteiger partial charge >= 0.3 is 0 Å². The Balaban J connectivity index is 2.12. The highest BCUT2D eigenvalue weighted by Crippen LogP contribution is 2.25. The number of carbonyl (C=O) groups excluding carboxylic acids is 1. The Kier molecular flexibility index (Phi) is 5.64. The van der Waals surface area contributed by atoms with Gasteiger partial charge in [-0.2, -0.15) is 5.26 Å². The maximum absolute atomic E-state index is 12.4. The first kappa shape index (κ1) is 16.9. The van der Waals surface area contributed by atoms with Crippen LogP contribution in [0.4, 0.5) is 5.69 Å². The zero-order chi connectivity index (χ0) is 16.8. The van der Waals surface area contributed by atoms with Gasteiger partial charge in [-0.1, -0.05) is 13.0 Å². The van der Waals surface area contributed by atoms with Crippen molar-refractivity contribution in [1.29, 1.82) is 5.26 Å². The highest BCUT2D eigenvalue weighted by atomic mass is 16.5. The Morgan fingerprint density at radius 3 is 2.74 bits per heavy atom. The minimum atomic E-state index is -0.210. The number of nitriles is 1. The van der Waals surface area contributed by atoms with Crippen molar-refractivity contribution < 1.29 is 9.53 Å². The maximum atomic E-state index is 12.4. The van der Waals surface area contributed by atoms with Crippen LogP contribution in [0.2, 0.25) is 0 Å². The first-order valence-corrected chi connectivity index (χ1v) is 7.86. The highest BCUT2D eigenvalue weighted by Gasteiger charge is 2.23. The van der Waals surface area contributed by atoms with Crippen LogP contribution in [0, 0.1) is 24.2 Å². The third kappa shape index (κ3) is 4.26. The van der Waals surface area contributed by atoms with Crippen LogP contribution in [-0.2, 0) is 4.79 Å². The lowest BCUT2D eigenvalue weighted by molar-refractivity contribution is -0.128. The molecular weight excluding hydrogens is 290 g/mol. The molecule has 0 bridgehead atoms. The van der Waals surface area contributed by atoms with E-state index in [2.05, 4.69) is 12.2 Å². The number of nitrogens with zero attached hydrogens (tertiary/aromatic N) is 2. The number of ether oxygens (including phenoxy) is 1. The second-order valence-electron chi connectivity index (χ2n) is 5.99. The number of aryl methyl sites for hydroxylation is 1. The zero-order valence-electron chi connectivity index (χ0n) is 13.9. The largest absolute Gasteiger partial charge is 0.495 e. The van der Waals surface area contributed by atoms with Gasteiger partial charge in [0.05, 0.1) is 12.8 Å². The fourth-order valence-electron chi connectivity index (χ4n) is 2.61. The minimum Gasteiger partial charge on any atom is -0.495 e. The molecule has 1 aromatic carbocycles. The van der Waals surface area contributed by atoms with Crippen LogP contribution in [0.15, 0.2) is 30.0 Å². The van der Waals surface area contributed by atoms with Gasteiger partial charge in [0.2, 0.25) is 0 Å². The summed E-state index contributed by atoms with van der Waals surface area (Å²) in [6, 6.07) is 7.71. The van der Waals surface area contributed by atoms with Crippen molar-refractivity contribution in [3.05, 3.63) is 35.5 Å². The van der Waals surface area contributed by atoms with Crippen molar-refractivity contribution in [1.82, 2.24) is 4.90 Å². The average molecular weight is 313 g/mol. The van der Waals surface area contributed by atoms with Crippen LogP contribution in [0.1, 0.15) is 25.3 Å². The van der Waals surface area contributed by atoms with Gasteiger partial charge in [0.1, 0.15) is 17.4 Å². The molecule has 0 saturated carbocycles. The molecule has 0 aliphatic carbocycles. The van der Waals surface area contributed by atoms with Gasteiger partial charge in [0.25, 0.3) is 5.91 Å². The van der Waals surface area contributed by atoms with Crippen LogP contribution in [0.5, 0.6) is 5.75 Å². The summed E-state index contributed by atoms with van der Waals surface area (Å²) in [5.41, 5.74) is 1.92. The molecule has 5 heteroatoms. The molecule has 122 valence electrons. The normalized spacial score (nSPS) is 15.9. The number of benzene rings is 1. The lowest BCUT2D eigenvalue weighted by Crippen LogP contribution is -2.38. The summed E-state index contributed by atoms with van der Waals surface area (Å²) in [5, 5.41) is 12.3. The van der Waals surface area contributed by atoms with Crippen LogP contribution in [0.3, 0.4) is 0 Å². The second-order valence-corrected chi connectivity index (χ2v) is 5.99. The van der Waals surface area contributed by atoms with E-state index in [1.807, 2.05) is 31.2 Å². The van der Waals surface area contributed by atoms with Crippen LogP contribution in [-0.4, -0.2) is 31.0 Å². The van der Waals surface area contributed by atoms with E-state index in [4.69, 9.17) is 4.74 Å². The molecule has 0 radical (unpaired) electrons. The molecule has 1 N–H and O–H groups in total. The molecule has 0 unspecified atom stereocenters. The summed E-state index contributed by atoms with van der Waals surface area (Å²) < 4.78 is 5.28. The second kappa shape index (κ2) is 7.68. The SMILES string of the molecule is COc1ccc(C)cc1N/C=C(/C#N)C(=O)N1CCC(C)CC1. The van der Waals surface area contributed by atoms with E-state index >= 15 is 0 Å². The number of nitrogens with one attached hydrogen (secondary N) is 1. The summed E-state index contributed by atoms with van der Waals surface area (Å²) in [7, 11) is 1.59. The molecule has 1 heterocycles. The smallest absolute Gasteiger partial charge is 0.266 e. The zero-order valence-corrected chi connectivity index (χ0v) is 13.9. The molecule has 23 heavy (non-hydrogen) atoms. The molecule has 1 saturated heterocycles. The summed E-state index contributed by atoms with van der Waals surface area (Å²) >= 11 is 0. The Hall–Kier alpha value is -2.48. The predicted octanol–water partition coefficient (Wildman–Crippen LogP) is 3.08. The monoisotopic (exact) mass is 313 g/mol. The van der Waals surface area contributed by atoms with Crippen LogP contribution in [0.25, 0.3) is 0 Å². The van der Waals surface area contributed by atoms with Gasteiger partial charge in [-0.05, 0) is 43.4 Å². The van der Waals surface area contributed by atoms with Gasteiger partial charge in [0, 0.05) is 19.3 Å². The summed E-state index contributed by atoms with van der Waals surface area (Å²) in [4.78, 5) is 14.2. The Morgan fingerprint density at radius 2 is 2.13 bits per heavy atom. The van der Waals surface area contributed by atoms with Crippen molar-refractivity contribution in [2.75, 3.05) is 25.5 Å². The molecule has 0 spiro atoms. The Labute approximate surface area is 137 Å². The maximum Gasteiger partial charge on any atom is 0.266 e. The van der Waals surface area contributed by atoms with E-state index in [-0.39, 0.29) is 11.5 Å². The topological polar surface area (TPSA) is 65.4 Å². The van der Waals surface area contributed by atoms with E-state index in [1.54, 1.807) is 12.0 Å². The molecule has 1 amide bonds. The highest BCUT2D eigenvalue weighted by molar-refractivity contribution is 5.97.